The Morgan fingerprint density at radius 3 is 2.27 bits per heavy atom. The first-order valence-corrected chi connectivity index (χ1v) is 12.3. The average Bonchev–Trinajstić information content (AvgIpc) is 3.34. The Morgan fingerprint density at radius 2 is 1.61 bits per heavy atom. The zero-order valence-corrected chi connectivity index (χ0v) is 21.4. The molecule has 5 nitrogen and oxygen atoms in total. The van der Waals surface area contributed by atoms with Crippen molar-refractivity contribution in [3.8, 4) is 11.1 Å². The number of amides is 1. The van der Waals surface area contributed by atoms with Gasteiger partial charge in [0.05, 0.1) is 29.4 Å². The van der Waals surface area contributed by atoms with Gasteiger partial charge >= 0.3 is 12.4 Å². The number of rotatable bonds is 6. The number of aromatic amines is 1. The molecule has 41 heavy (non-hydrogen) atoms. The van der Waals surface area contributed by atoms with E-state index in [1.54, 1.807) is 30.3 Å². The molecule has 2 aromatic heterocycles. The minimum atomic E-state index is -5.02. The van der Waals surface area contributed by atoms with Crippen LogP contribution in [-0.4, -0.2) is 22.9 Å². The number of nitrogens with zero attached hydrogens (tertiary/aromatic N) is 2. The molecule has 0 bridgehead atoms. The number of H-pyrrole nitrogens is 1. The lowest BCUT2D eigenvalue weighted by Crippen LogP contribution is -2.16. The highest BCUT2D eigenvalue weighted by atomic mass is 19.4. The highest BCUT2D eigenvalue weighted by molar-refractivity contribution is 5.97. The highest BCUT2D eigenvalue weighted by Gasteiger charge is 2.37. The monoisotopic (exact) mass is 568 g/mol. The molecule has 0 saturated heterocycles. The first-order chi connectivity index (χ1) is 19.4. The van der Waals surface area contributed by atoms with Crippen LogP contribution in [0.4, 0.5) is 43.4 Å². The first kappa shape index (κ1) is 27.8. The van der Waals surface area contributed by atoms with Crippen LogP contribution in [0.15, 0.2) is 91.4 Å². The van der Waals surface area contributed by atoms with Crippen molar-refractivity contribution in [3.63, 3.8) is 0 Å². The van der Waals surface area contributed by atoms with Crippen LogP contribution in [0.3, 0.4) is 0 Å². The lowest BCUT2D eigenvalue weighted by atomic mass is 9.96. The molecule has 5 rings (SSSR count). The number of alkyl halides is 6. The van der Waals surface area contributed by atoms with Gasteiger partial charge in [0.25, 0.3) is 0 Å². The number of benzene rings is 3. The Labute approximate surface area is 230 Å². The van der Waals surface area contributed by atoms with Gasteiger partial charge in [0.15, 0.2) is 0 Å². The second kappa shape index (κ2) is 10.6. The number of carbonyl (C=O) groups is 1. The summed E-state index contributed by atoms with van der Waals surface area (Å²) < 4.78 is 82.0. The van der Waals surface area contributed by atoms with Crippen LogP contribution in [0, 0.1) is 0 Å². The molecule has 0 atom stereocenters. The normalized spacial score (nSPS) is 12.0. The smallest absolute Gasteiger partial charge is 0.361 e. The predicted octanol–water partition coefficient (Wildman–Crippen LogP) is 8.22. The molecule has 0 aliphatic heterocycles. The third kappa shape index (κ3) is 6.03. The maximum Gasteiger partial charge on any atom is 0.416 e. The van der Waals surface area contributed by atoms with Crippen molar-refractivity contribution in [2.75, 3.05) is 17.3 Å². The van der Waals surface area contributed by atoms with Gasteiger partial charge in [-0.15, -0.1) is 0 Å². The largest absolute Gasteiger partial charge is 0.416 e. The van der Waals surface area contributed by atoms with Gasteiger partial charge in [-0.05, 0) is 65.7 Å². The summed E-state index contributed by atoms with van der Waals surface area (Å²) in [5, 5.41) is 3.58. The van der Waals surface area contributed by atoms with E-state index in [0.29, 0.717) is 23.5 Å². The van der Waals surface area contributed by atoms with Crippen LogP contribution in [-0.2, 0) is 23.6 Å². The number of para-hydroxylation sites is 1. The fourth-order valence-electron chi connectivity index (χ4n) is 4.60. The zero-order chi connectivity index (χ0) is 29.4. The molecule has 210 valence electrons. The van der Waals surface area contributed by atoms with Crippen molar-refractivity contribution in [3.05, 3.63) is 108 Å². The van der Waals surface area contributed by atoms with Crippen molar-refractivity contribution in [2.24, 2.45) is 0 Å². The zero-order valence-electron chi connectivity index (χ0n) is 21.4. The van der Waals surface area contributed by atoms with Gasteiger partial charge in [-0.1, -0.05) is 18.2 Å². The maximum atomic E-state index is 13.7. The fourth-order valence-corrected chi connectivity index (χ4v) is 4.60. The fraction of sp³-hybridized carbons (Fsp3) is 0.133. The van der Waals surface area contributed by atoms with Crippen molar-refractivity contribution < 1.29 is 31.1 Å². The van der Waals surface area contributed by atoms with E-state index in [0.717, 1.165) is 16.5 Å². The number of anilines is 3. The maximum absolute atomic E-state index is 13.7. The van der Waals surface area contributed by atoms with Gasteiger partial charge in [0, 0.05) is 47.3 Å². The molecule has 2 N–H and O–H groups in total. The Hall–Kier alpha value is -4.80. The van der Waals surface area contributed by atoms with Gasteiger partial charge in [-0.3, -0.25) is 9.78 Å². The predicted molar refractivity (Wildman–Crippen MR) is 145 cm³/mol. The van der Waals surface area contributed by atoms with E-state index < -0.39 is 29.4 Å². The van der Waals surface area contributed by atoms with Crippen LogP contribution in [0.25, 0.3) is 22.0 Å². The molecule has 2 heterocycles. The molecule has 5 aromatic rings. The molecule has 0 aliphatic rings. The number of hydrogen-bond donors (Lipinski definition) is 2. The molecule has 0 spiro atoms. The van der Waals surface area contributed by atoms with E-state index in [1.807, 2.05) is 24.3 Å². The third-order valence-electron chi connectivity index (χ3n) is 6.60. The molecule has 11 heteroatoms. The number of aromatic nitrogens is 2. The van der Waals surface area contributed by atoms with Crippen LogP contribution in [0.5, 0.6) is 0 Å². The topological polar surface area (TPSA) is 61.0 Å². The number of fused-ring (bicyclic) bond motifs is 1. The lowest BCUT2D eigenvalue weighted by molar-refractivity contribution is -0.143. The van der Waals surface area contributed by atoms with Crippen molar-refractivity contribution >= 4 is 33.9 Å². The molecule has 1 amide bonds. The molecule has 0 fully saturated rings. The van der Waals surface area contributed by atoms with Gasteiger partial charge < -0.3 is 15.2 Å². The van der Waals surface area contributed by atoms with E-state index in [1.165, 1.54) is 30.6 Å². The van der Waals surface area contributed by atoms with Gasteiger partial charge in [-0.2, -0.15) is 26.3 Å². The Kier molecular flexibility index (Phi) is 7.20. The molecule has 0 aliphatic carbocycles. The third-order valence-corrected chi connectivity index (χ3v) is 6.60. The first-order valence-electron chi connectivity index (χ1n) is 12.3. The standard InChI is InChI=1S/C30H22F6N4O/c1-40(23-5-4-10-37-17-23)27-9-8-22(39-28(41)13-19-16-38-26-7-3-2-6-24(19)26)15-25(27)18-11-20(29(31,32)33)14-21(12-18)30(34,35)36/h2-12,14-17,38H,13H2,1H3,(H,39,41). The van der Waals surface area contributed by atoms with Crippen molar-refractivity contribution in [1.29, 1.82) is 0 Å². The van der Waals surface area contributed by atoms with Gasteiger partial charge in [-0.25, -0.2) is 0 Å². The summed E-state index contributed by atoms with van der Waals surface area (Å²) in [6.07, 6.45) is -5.28. The average molecular weight is 569 g/mol. The van der Waals surface area contributed by atoms with Crippen molar-refractivity contribution in [2.45, 2.75) is 18.8 Å². The minimum Gasteiger partial charge on any atom is -0.361 e. The summed E-state index contributed by atoms with van der Waals surface area (Å²) in [5.41, 5.74) is -0.489. The van der Waals surface area contributed by atoms with Gasteiger partial charge in [0.1, 0.15) is 0 Å². The Balaban J connectivity index is 1.57. The summed E-state index contributed by atoms with van der Waals surface area (Å²) in [4.78, 5) is 21.7. The summed E-state index contributed by atoms with van der Waals surface area (Å²) in [7, 11) is 1.61. The van der Waals surface area contributed by atoms with E-state index >= 15 is 0 Å². The number of hydrogen-bond acceptors (Lipinski definition) is 3. The second-order valence-corrected chi connectivity index (χ2v) is 9.38. The molecule has 3 aromatic carbocycles. The molecule has 0 saturated carbocycles. The van der Waals surface area contributed by atoms with E-state index in [4.69, 9.17) is 0 Å². The van der Waals surface area contributed by atoms with Gasteiger partial charge in [0.2, 0.25) is 5.91 Å². The van der Waals surface area contributed by atoms with Crippen LogP contribution in [0.1, 0.15) is 16.7 Å². The van der Waals surface area contributed by atoms with Crippen LogP contribution in [0.2, 0.25) is 0 Å². The summed E-state index contributed by atoms with van der Waals surface area (Å²) in [6, 6.07) is 16.6. The molecule has 0 unspecified atom stereocenters. The molecule has 0 radical (unpaired) electrons. The number of nitrogens with one attached hydrogen (secondary N) is 2. The van der Waals surface area contributed by atoms with Crippen LogP contribution < -0.4 is 10.2 Å². The van der Waals surface area contributed by atoms with Crippen molar-refractivity contribution in [1.82, 2.24) is 9.97 Å². The van der Waals surface area contributed by atoms with E-state index in [-0.39, 0.29) is 29.3 Å². The van der Waals surface area contributed by atoms with E-state index in [9.17, 15) is 31.1 Å². The van der Waals surface area contributed by atoms with E-state index in [2.05, 4.69) is 15.3 Å². The highest BCUT2D eigenvalue weighted by Crippen LogP contribution is 2.42. The number of halogens is 6. The Morgan fingerprint density at radius 1 is 0.902 bits per heavy atom. The second-order valence-electron chi connectivity index (χ2n) is 9.38. The summed E-state index contributed by atoms with van der Waals surface area (Å²) in [6.45, 7) is 0. The quantitative estimate of drug-likeness (QED) is 0.203. The summed E-state index contributed by atoms with van der Waals surface area (Å²) >= 11 is 0. The Bertz CT molecular complexity index is 1680. The summed E-state index contributed by atoms with van der Waals surface area (Å²) in [5.74, 6) is -0.408. The SMILES string of the molecule is CN(c1cccnc1)c1ccc(NC(=O)Cc2c[nH]c3ccccc23)cc1-c1cc(C(F)(F)F)cc(C(F)(F)F)c1. The molecular weight excluding hydrogens is 546 g/mol. The number of pyridine rings is 1. The lowest BCUT2D eigenvalue weighted by Gasteiger charge is -2.24. The minimum absolute atomic E-state index is 0.00152. The number of carbonyl (C=O) groups excluding carboxylic acids is 1. The molecular formula is C30H22F6N4O. The van der Waals surface area contributed by atoms with Crippen LogP contribution >= 0.6 is 0 Å².